The Morgan fingerprint density at radius 1 is 1.00 bits per heavy atom. The smallest absolute Gasteiger partial charge is 0.414 e. The van der Waals surface area contributed by atoms with Crippen molar-refractivity contribution in [3.63, 3.8) is 0 Å². The van der Waals surface area contributed by atoms with Crippen LogP contribution in [0.25, 0.3) is 11.0 Å². The van der Waals surface area contributed by atoms with Crippen molar-refractivity contribution < 1.29 is 33.7 Å². The van der Waals surface area contributed by atoms with Crippen LogP contribution < -0.4 is 15.7 Å². The van der Waals surface area contributed by atoms with E-state index < -0.39 is 11.9 Å². The summed E-state index contributed by atoms with van der Waals surface area (Å²) in [6, 6.07) is 13.1. The van der Waals surface area contributed by atoms with Gasteiger partial charge in [0.25, 0.3) is 0 Å². The predicted octanol–water partition coefficient (Wildman–Crippen LogP) is 3.17. The zero-order chi connectivity index (χ0) is 28.5. The summed E-state index contributed by atoms with van der Waals surface area (Å²) < 4.78 is 21.5. The van der Waals surface area contributed by atoms with Crippen LogP contribution in [0.5, 0.6) is 5.75 Å². The second-order valence-corrected chi connectivity index (χ2v) is 9.40. The first-order valence-corrected chi connectivity index (χ1v) is 12.7. The molecule has 1 amide bonds. The maximum atomic E-state index is 13.0. The molecule has 12 heteroatoms. The Balaban J connectivity index is 0.000000631. The highest BCUT2D eigenvalue weighted by atomic mass is 19.1. The quantitative estimate of drug-likeness (QED) is 0.304. The van der Waals surface area contributed by atoms with Gasteiger partial charge in [-0.1, -0.05) is 12.1 Å². The summed E-state index contributed by atoms with van der Waals surface area (Å²) in [6.45, 7) is 7.12. The number of carboxylic acid groups (broad SMARTS) is 2. The van der Waals surface area contributed by atoms with Crippen LogP contribution in [0.1, 0.15) is 39.2 Å². The van der Waals surface area contributed by atoms with Gasteiger partial charge < -0.3 is 25.2 Å². The first-order valence-electron chi connectivity index (χ1n) is 12.7. The van der Waals surface area contributed by atoms with E-state index in [1.54, 1.807) is 16.7 Å². The van der Waals surface area contributed by atoms with Crippen molar-refractivity contribution in [2.75, 3.05) is 26.2 Å². The van der Waals surface area contributed by atoms with E-state index in [9.17, 15) is 14.0 Å². The summed E-state index contributed by atoms with van der Waals surface area (Å²) in [4.78, 5) is 46.5. The number of likely N-dealkylation sites (tertiary alicyclic amines) is 1. The average Bonchev–Trinajstić information content (AvgIpc) is 3.21. The molecule has 1 aromatic heterocycles. The molecule has 1 aliphatic heterocycles. The summed E-state index contributed by atoms with van der Waals surface area (Å²) in [5, 5.41) is 17.8. The molecule has 0 spiro atoms. The number of carbonyl (C=O) groups is 3. The van der Waals surface area contributed by atoms with E-state index in [1.807, 2.05) is 38.1 Å². The third-order valence-corrected chi connectivity index (χ3v) is 6.30. The number of piperidine rings is 1. The number of benzene rings is 2. The second-order valence-electron chi connectivity index (χ2n) is 9.40. The average molecular weight is 545 g/mol. The second kappa shape index (κ2) is 13.6. The number of para-hydroxylation sites is 2. The van der Waals surface area contributed by atoms with E-state index in [1.165, 1.54) is 16.7 Å². The van der Waals surface area contributed by atoms with E-state index >= 15 is 0 Å². The lowest BCUT2D eigenvalue weighted by Gasteiger charge is -2.32. The van der Waals surface area contributed by atoms with Crippen LogP contribution in [-0.4, -0.2) is 74.5 Å². The number of amides is 1. The Kier molecular flexibility index (Phi) is 10.2. The zero-order valence-electron chi connectivity index (χ0n) is 21.9. The van der Waals surface area contributed by atoms with Gasteiger partial charge in [-0.25, -0.2) is 28.1 Å². The van der Waals surface area contributed by atoms with Gasteiger partial charge in [0.15, 0.2) is 0 Å². The topological polar surface area (TPSA) is 143 Å². The Morgan fingerprint density at radius 3 is 2.15 bits per heavy atom. The van der Waals surface area contributed by atoms with Crippen molar-refractivity contribution >= 4 is 29.0 Å². The lowest BCUT2D eigenvalue weighted by molar-refractivity contribution is -0.159. The number of nitrogens with zero attached hydrogens (tertiary/aromatic N) is 3. The molecule has 0 radical (unpaired) electrons. The summed E-state index contributed by atoms with van der Waals surface area (Å²) in [5.74, 6) is -3.25. The van der Waals surface area contributed by atoms with Gasteiger partial charge >= 0.3 is 23.7 Å². The van der Waals surface area contributed by atoms with Crippen molar-refractivity contribution in [1.82, 2.24) is 19.4 Å². The number of nitrogens with one attached hydrogen (secondary N) is 1. The van der Waals surface area contributed by atoms with Crippen LogP contribution in [0.3, 0.4) is 0 Å². The molecule has 1 saturated heterocycles. The molecule has 0 aliphatic carbocycles. The zero-order valence-corrected chi connectivity index (χ0v) is 21.9. The molecule has 1 fully saturated rings. The highest BCUT2D eigenvalue weighted by Crippen LogP contribution is 2.18. The molecule has 0 bridgehead atoms. The fraction of sp³-hybridized carbons (Fsp3) is 0.407. The highest BCUT2D eigenvalue weighted by Gasteiger charge is 2.24. The number of aromatic nitrogens is 2. The summed E-state index contributed by atoms with van der Waals surface area (Å²) in [7, 11) is 0. The van der Waals surface area contributed by atoms with Crippen molar-refractivity contribution in [2.24, 2.45) is 0 Å². The third-order valence-electron chi connectivity index (χ3n) is 6.30. The number of fused-ring (bicyclic) bond motifs is 1. The SMILES string of the molecule is CC(C)n1c(=O)n(C(=O)NC2CCN(CCCOc3ccc(F)cc3)CC2)c2ccccc21.O=C(O)C(=O)O. The lowest BCUT2D eigenvalue weighted by Crippen LogP contribution is -2.47. The molecule has 3 N–H and O–H groups in total. The van der Waals surface area contributed by atoms with Crippen molar-refractivity contribution in [2.45, 2.75) is 45.2 Å². The molecule has 4 rings (SSSR count). The van der Waals surface area contributed by atoms with Crippen LogP contribution in [0, 0.1) is 5.82 Å². The lowest BCUT2D eigenvalue weighted by atomic mass is 10.1. The maximum Gasteiger partial charge on any atom is 0.414 e. The number of halogens is 1. The monoisotopic (exact) mass is 544 g/mol. The molecule has 1 aliphatic rings. The van der Waals surface area contributed by atoms with Crippen molar-refractivity contribution in [3.8, 4) is 5.75 Å². The van der Waals surface area contributed by atoms with Crippen molar-refractivity contribution in [3.05, 3.63) is 64.8 Å². The third kappa shape index (κ3) is 7.90. The van der Waals surface area contributed by atoms with Gasteiger partial charge in [-0.05, 0) is 69.5 Å². The van der Waals surface area contributed by atoms with Gasteiger partial charge in [0.05, 0.1) is 17.6 Å². The summed E-state index contributed by atoms with van der Waals surface area (Å²) in [5.41, 5.74) is 1.10. The number of rotatable bonds is 7. The molecule has 210 valence electrons. The fourth-order valence-electron chi connectivity index (χ4n) is 4.42. The molecule has 0 unspecified atom stereocenters. The van der Waals surface area contributed by atoms with Crippen LogP contribution in [0.4, 0.5) is 9.18 Å². The Morgan fingerprint density at radius 2 is 1.59 bits per heavy atom. The molecule has 2 aromatic carbocycles. The normalized spacial score (nSPS) is 14.1. The van der Waals surface area contributed by atoms with E-state index in [0.29, 0.717) is 17.9 Å². The number of carboxylic acids is 2. The molecule has 0 atom stereocenters. The molecular formula is C27H33FN4O7. The Bertz CT molecular complexity index is 1330. The molecular weight excluding hydrogens is 511 g/mol. The standard InChI is InChI=1S/C25H31FN4O3.C2H2O4/c1-18(2)29-22-6-3-4-7-23(22)30(25(29)32)24(31)27-20-12-15-28(16-13-20)14-5-17-33-21-10-8-19(26)9-11-21;3-1(4)2(5)6/h3-4,6-11,18,20H,5,12-17H2,1-2H3,(H,27,31);(H,3,4)(H,5,6). The summed E-state index contributed by atoms with van der Waals surface area (Å²) in [6.07, 6.45) is 2.54. The number of ether oxygens (including phenoxy) is 1. The molecule has 2 heterocycles. The van der Waals surface area contributed by atoms with Crippen LogP contribution in [-0.2, 0) is 9.59 Å². The van der Waals surface area contributed by atoms with Crippen LogP contribution >= 0.6 is 0 Å². The highest BCUT2D eigenvalue weighted by molar-refractivity contribution is 6.27. The van der Waals surface area contributed by atoms with E-state index in [2.05, 4.69) is 10.2 Å². The molecule has 11 nitrogen and oxygen atoms in total. The van der Waals surface area contributed by atoms with Gasteiger partial charge in [-0.15, -0.1) is 0 Å². The number of imidazole rings is 1. The number of hydrogen-bond donors (Lipinski definition) is 3. The Labute approximate surface area is 224 Å². The minimum Gasteiger partial charge on any atom is -0.494 e. The number of carbonyl (C=O) groups excluding carboxylic acids is 1. The summed E-state index contributed by atoms with van der Waals surface area (Å²) >= 11 is 0. The van der Waals surface area contributed by atoms with Gasteiger partial charge in [-0.3, -0.25) is 4.57 Å². The predicted molar refractivity (Wildman–Crippen MR) is 142 cm³/mol. The van der Waals surface area contributed by atoms with Gasteiger partial charge in [0.2, 0.25) is 0 Å². The fourth-order valence-corrected chi connectivity index (χ4v) is 4.42. The first kappa shape index (κ1) is 29.4. The number of aliphatic carboxylic acids is 2. The molecule has 39 heavy (non-hydrogen) atoms. The minimum absolute atomic E-state index is 0.0354. The Hall–Kier alpha value is -4.19. The van der Waals surface area contributed by atoms with Crippen molar-refractivity contribution in [1.29, 1.82) is 0 Å². The van der Waals surface area contributed by atoms with E-state index in [4.69, 9.17) is 24.5 Å². The molecule has 3 aromatic rings. The van der Waals surface area contributed by atoms with E-state index in [0.717, 1.165) is 44.4 Å². The van der Waals surface area contributed by atoms with Gasteiger partial charge in [0.1, 0.15) is 11.6 Å². The largest absolute Gasteiger partial charge is 0.494 e. The molecule has 0 saturated carbocycles. The van der Waals surface area contributed by atoms with Crippen LogP contribution in [0.15, 0.2) is 53.3 Å². The maximum absolute atomic E-state index is 13.0. The first-order chi connectivity index (χ1) is 18.6. The minimum atomic E-state index is -1.82. The van der Waals surface area contributed by atoms with Gasteiger partial charge in [0, 0.05) is 31.7 Å². The number of hydrogen-bond acceptors (Lipinski definition) is 6. The van der Waals surface area contributed by atoms with E-state index in [-0.39, 0.29) is 29.6 Å². The van der Waals surface area contributed by atoms with Gasteiger partial charge in [-0.2, -0.15) is 0 Å². The van der Waals surface area contributed by atoms with Crippen LogP contribution in [0.2, 0.25) is 0 Å².